The summed E-state index contributed by atoms with van der Waals surface area (Å²) in [5.74, 6) is -1.21. The third kappa shape index (κ3) is 22.3. The number of carbonyl (C=O) groups excluding carboxylic acids is 1. The zero-order chi connectivity index (χ0) is 31.6. The number of thiazole rings is 1. The van der Waals surface area contributed by atoms with Gasteiger partial charge in [0.2, 0.25) is 5.91 Å². The maximum atomic E-state index is 12.4. The minimum absolute atomic E-state index is 0.0153. The molecular formula is C25H45N3O13S2. The fraction of sp³-hybridized carbons (Fsp3) is 0.800. The van der Waals surface area contributed by atoms with Gasteiger partial charge in [0.25, 0.3) is 10.0 Å². The van der Waals surface area contributed by atoms with Crippen LogP contribution in [0.15, 0.2) is 5.03 Å². The van der Waals surface area contributed by atoms with Crippen molar-refractivity contribution in [3.8, 4) is 0 Å². The van der Waals surface area contributed by atoms with Crippen molar-refractivity contribution < 1.29 is 61.0 Å². The Balaban J connectivity index is 1.80. The van der Waals surface area contributed by atoms with E-state index in [0.29, 0.717) is 97.4 Å². The fourth-order valence-electron chi connectivity index (χ4n) is 2.95. The molecule has 250 valence electrons. The van der Waals surface area contributed by atoms with Gasteiger partial charge in [0.1, 0.15) is 0 Å². The highest BCUT2D eigenvalue weighted by atomic mass is 32.2. The van der Waals surface area contributed by atoms with Crippen LogP contribution in [0.2, 0.25) is 0 Å². The number of aliphatic carboxylic acids is 1. The molecule has 18 heteroatoms. The Labute approximate surface area is 256 Å². The van der Waals surface area contributed by atoms with E-state index in [1.54, 1.807) is 6.92 Å². The molecule has 0 spiro atoms. The lowest BCUT2D eigenvalue weighted by atomic mass is 10.5. The number of nitrogens with zero attached hydrogens (tertiary/aromatic N) is 1. The van der Waals surface area contributed by atoms with Crippen molar-refractivity contribution in [2.75, 3.05) is 118 Å². The number of ether oxygens (including phenoxy) is 8. The smallest absolute Gasteiger partial charge is 0.305 e. The van der Waals surface area contributed by atoms with Gasteiger partial charge in [0.05, 0.1) is 112 Å². The number of rotatable bonds is 30. The largest absolute Gasteiger partial charge is 0.481 e. The third-order valence-corrected chi connectivity index (χ3v) is 7.40. The van der Waals surface area contributed by atoms with E-state index in [0.717, 1.165) is 11.3 Å². The molecule has 1 heterocycles. The molecule has 0 saturated carbocycles. The first-order valence-corrected chi connectivity index (χ1v) is 16.1. The van der Waals surface area contributed by atoms with E-state index in [1.807, 2.05) is 0 Å². The van der Waals surface area contributed by atoms with Crippen molar-refractivity contribution in [1.29, 1.82) is 0 Å². The van der Waals surface area contributed by atoms with E-state index >= 15 is 0 Å². The predicted octanol–water partition coefficient (Wildman–Crippen LogP) is 0.296. The van der Waals surface area contributed by atoms with E-state index in [9.17, 15) is 18.0 Å². The minimum atomic E-state index is -3.81. The Morgan fingerprint density at radius 3 is 1.44 bits per heavy atom. The fourth-order valence-corrected chi connectivity index (χ4v) is 5.30. The Bertz CT molecular complexity index is 980. The number of hydrogen-bond donors (Lipinski definition) is 3. The maximum Gasteiger partial charge on any atom is 0.305 e. The summed E-state index contributed by atoms with van der Waals surface area (Å²) in [6.07, 6.45) is -0.0153. The Morgan fingerprint density at radius 1 is 0.698 bits per heavy atom. The number of carboxylic acids is 1. The molecule has 0 atom stereocenters. The van der Waals surface area contributed by atoms with E-state index < -0.39 is 16.0 Å². The first-order chi connectivity index (χ1) is 20.7. The highest BCUT2D eigenvalue weighted by Crippen LogP contribution is 2.25. The second-order valence-corrected chi connectivity index (χ2v) is 11.4. The van der Waals surface area contributed by atoms with Gasteiger partial charge in [0.15, 0.2) is 10.2 Å². The van der Waals surface area contributed by atoms with Crippen LogP contribution in [0.3, 0.4) is 0 Å². The summed E-state index contributed by atoms with van der Waals surface area (Å²) in [4.78, 5) is 25.9. The summed E-state index contributed by atoms with van der Waals surface area (Å²) < 4.78 is 70.0. The van der Waals surface area contributed by atoms with Crippen LogP contribution in [0.4, 0.5) is 5.13 Å². The molecule has 0 aromatic carbocycles. The molecule has 0 saturated heterocycles. The Morgan fingerprint density at radius 2 is 1.07 bits per heavy atom. The van der Waals surface area contributed by atoms with E-state index in [1.165, 1.54) is 6.92 Å². The van der Waals surface area contributed by atoms with Crippen molar-refractivity contribution in [2.24, 2.45) is 0 Å². The van der Waals surface area contributed by atoms with Gasteiger partial charge < -0.3 is 48.3 Å². The van der Waals surface area contributed by atoms with Gasteiger partial charge in [-0.1, -0.05) is 0 Å². The molecular weight excluding hydrogens is 614 g/mol. The Hall–Kier alpha value is -1.84. The van der Waals surface area contributed by atoms with Crippen LogP contribution in [-0.4, -0.2) is 143 Å². The molecule has 0 bridgehead atoms. The molecule has 16 nitrogen and oxygen atoms in total. The van der Waals surface area contributed by atoms with Gasteiger partial charge in [-0.3, -0.25) is 9.59 Å². The first-order valence-electron chi connectivity index (χ1n) is 13.8. The van der Waals surface area contributed by atoms with Gasteiger partial charge in [-0.15, -0.1) is 11.3 Å². The zero-order valence-electron chi connectivity index (χ0n) is 24.8. The number of aromatic nitrogens is 1. The first kappa shape index (κ1) is 39.2. The lowest BCUT2D eigenvalue weighted by Crippen LogP contribution is -2.28. The summed E-state index contributed by atoms with van der Waals surface area (Å²) >= 11 is 1.09. The molecule has 1 aromatic rings. The van der Waals surface area contributed by atoms with Gasteiger partial charge in [-0.2, -0.15) is 0 Å². The number of aryl methyl sites for hydroxylation is 1. The number of sulfonamides is 1. The zero-order valence-corrected chi connectivity index (χ0v) is 26.5. The van der Waals surface area contributed by atoms with Crippen molar-refractivity contribution in [2.45, 2.75) is 25.3 Å². The van der Waals surface area contributed by atoms with Crippen LogP contribution in [0.1, 0.15) is 18.2 Å². The molecule has 43 heavy (non-hydrogen) atoms. The van der Waals surface area contributed by atoms with Gasteiger partial charge >= 0.3 is 5.97 Å². The van der Waals surface area contributed by atoms with Crippen molar-refractivity contribution in [3.05, 3.63) is 4.88 Å². The number of anilines is 1. The molecule has 0 radical (unpaired) electrons. The average Bonchev–Trinajstić information content (AvgIpc) is 3.32. The Kier molecular flexibility index (Phi) is 23.2. The minimum Gasteiger partial charge on any atom is -0.481 e. The maximum absolute atomic E-state index is 12.4. The summed E-state index contributed by atoms with van der Waals surface area (Å²) in [6.45, 7) is 9.06. The highest BCUT2D eigenvalue weighted by Gasteiger charge is 2.22. The number of hydrogen-bond acceptors (Lipinski definition) is 14. The van der Waals surface area contributed by atoms with Gasteiger partial charge in [-0.25, -0.2) is 18.1 Å². The van der Waals surface area contributed by atoms with Crippen molar-refractivity contribution in [1.82, 2.24) is 9.71 Å². The van der Waals surface area contributed by atoms with Crippen LogP contribution in [0.5, 0.6) is 0 Å². The number of carbonyl (C=O) groups is 2. The second kappa shape index (κ2) is 25.5. The van der Waals surface area contributed by atoms with Crippen LogP contribution in [0, 0.1) is 6.92 Å². The molecule has 0 aliphatic rings. The summed E-state index contributed by atoms with van der Waals surface area (Å²) in [5, 5.41) is 11.1. The lowest BCUT2D eigenvalue weighted by Gasteiger charge is -2.09. The quantitative estimate of drug-likeness (QED) is 0.0953. The van der Waals surface area contributed by atoms with Crippen LogP contribution < -0.4 is 10.0 Å². The number of nitrogens with one attached hydrogen (secondary N) is 2. The summed E-state index contributed by atoms with van der Waals surface area (Å²) in [6, 6.07) is 0. The lowest BCUT2D eigenvalue weighted by molar-refractivity contribution is -0.138. The van der Waals surface area contributed by atoms with E-state index in [4.69, 9.17) is 43.0 Å². The van der Waals surface area contributed by atoms with Gasteiger partial charge in [-0.05, 0) is 6.92 Å². The van der Waals surface area contributed by atoms with Crippen molar-refractivity contribution >= 4 is 38.4 Å². The molecule has 3 N–H and O–H groups in total. The molecule has 0 aliphatic heterocycles. The molecule has 0 fully saturated rings. The van der Waals surface area contributed by atoms with Crippen LogP contribution >= 0.6 is 11.3 Å². The topological polar surface area (TPSA) is 199 Å². The van der Waals surface area contributed by atoms with Crippen LogP contribution in [-0.2, 0) is 57.5 Å². The summed E-state index contributed by atoms with van der Waals surface area (Å²) in [7, 11) is -3.81. The third-order valence-electron chi connectivity index (χ3n) is 4.89. The monoisotopic (exact) mass is 659 g/mol. The van der Waals surface area contributed by atoms with Gasteiger partial charge in [0, 0.05) is 18.3 Å². The van der Waals surface area contributed by atoms with E-state index in [-0.39, 0.29) is 42.2 Å². The normalized spacial score (nSPS) is 11.7. The summed E-state index contributed by atoms with van der Waals surface area (Å²) in [5.41, 5.74) is 0. The molecule has 1 rings (SSSR count). The second-order valence-electron chi connectivity index (χ2n) is 8.50. The van der Waals surface area contributed by atoms with E-state index in [2.05, 4.69) is 15.0 Å². The predicted molar refractivity (Wildman–Crippen MR) is 155 cm³/mol. The average molecular weight is 660 g/mol. The van der Waals surface area contributed by atoms with Crippen molar-refractivity contribution in [3.63, 3.8) is 0 Å². The highest BCUT2D eigenvalue weighted by molar-refractivity contribution is 7.89. The molecule has 1 amide bonds. The standard InChI is InChI=1S/C25H45N3O13S2/c1-21-24(28-25(42-21)27-22(2)29)43(32,33)26-4-6-35-8-10-37-12-14-39-16-18-41-20-19-40-17-15-38-13-11-36-9-7-34-5-3-23(30)31/h26H,3-20H2,1-2H3,(H,30,31)(H,27,28,29). The van der Waals surface area contributed by atoms with Crippen LogP contribution in [0.25, 0.3) is 0 Å². The number of amides is 1. The molecule has 0 aliphatic carbocycles. The molecule has 0 unspecified atom stereocenters. The number of carboxylic acid groups (broad SMARTS) is 1. The molecule has 1 aromatic heterocycles. The SMILES string of the molecule is CC(=O)Nc1nc(S(=O)(=O)NCCOCCOCCOCCOCCOCCOCCOCCOCCC(=O)O)c(C)s1.